The summed E-state index contributed by atoms with van der Waals surface area (Å²) >= 11 is 0. The number of hydrogen-bond acceptors (Lipinski definition) is 4. The number of carbonyl (C=O) groups excluding carboxylic acids is 1. The highest BCUT2D eigenvalue weighted by Gasteiger charge is 2.08. The van der Waals surface area contributed by atoms with Crippen LogP contribution < -0.4 is 15.8 Å². The lowest BCUT2D eigenvalue weighted by molar-refractivity contribution is 0.0951. The third-order valence-corrected chi connectivity index (χ3v) is 2.86. The summed E-state index contributed by atoms with van der Waals surface area (Å²) in [5.74, 6) is 1.11. The Morgan fingerprint density at radius 2 is 2.11 bits per heavy atom. The minimum absolute atomic E-state index is 0.161. The summed E-state index contributed by atoms with van der Waals surface area (Å²) in [7, 11) is 3.34. The minimum Gasteiger partial charge on any atom is -0.497 e. The third kappa shape index (κ3) is 2.85. The van der Waals surface area contributed by atoms with E-state index < -0.39 is 0 Å². The van der Waals surface area contributed by atoms with Gasteiger partial charge in [0.25, 0.3) is 5.91 Å². The maximum atomic E-state index is 11.9. The zero-order chi connectivity index (χ0) is 13.8. The maximum absolute atomic E-state index is 11.9. The monoisotopic (exact) mass is 260 g/mol. The van der Waals surface area contributed by atoms with Crippen LogP contribution in [0.5, 0.6) is 5.75 Å². The molecule has 0 unspecified atom stereocenters. The van der Waals surface area contributed by atoms with Crippen molar-refractivity contribution in [1.29, 1.82) is 0 Å². The maximum Gasteiger partial charge on any atom is 0.251 e. The first-order chi connectivity index (χ1) is 9.11. The van der Waals surface area contributed by atoms with Gasteiger partial charge in [-0.05, 0) is 24.3 Å². The Labute approximate surface area is 111 Å². The van der Waals surface area contributed by atoms with E-state index in [1.165, 1.54) is 0 Å². The molecule has 1 amide bonds. The number of nitrogen functional groups attached to an aromatic ring is 1. The van der Waals surface area contributed by atoms with Crippen LogP contribution in [0.3, 0.4) is 0 Å². The van der Waals surface area contributed by atoms with Gasteiger partial charge in [0, 0.05) is 24.7 Å². The van der Waals surface area contributed by atoms with Gasteiger partial charge in [-0.1, -0.05) is 0 Å². The van der Waals surface area contributed by atoms with E-state index in [9.17, 15) is 4.79 Å². The molecule has 100 valence electrons. The van der Waals surface area contributed by atoms with Crippen molar-refractivity contribution in [2.45, 2.75) is 6.54 Å². The molecule has 1 heterocycles. The van der Waals surface area contributed by atoms with Gasteiger partial charge in [-0.15, -0.1) is 0 Å². The molecular formula is C13H16N4O2. The van der Waals surface area contributed by atoms with Crippen LogP contribution >= 0.6 is 0 Å². The highest BCUT2D eigenvalue weighted by molar-refractivity contribution is 5.94. The van der Waals surface area contributed by atoms with Crippen LogP contribution in [0.15, 0.2) is 30.5 Å². The summed E-state index contributed by atoms with van der Waals surface area (Å²) in [6.45, 7) is 0.352. The minimum atomic E-state index is -0.161. The smallest absolute Gasteiger partial charge is 0.251 e. The molecule has 3 N–H and O–H groups in total. The molecule has 0 bridgehead atoms. The zero-order valence-electron chi connectivity index (χ0n) is 10.9. The number of amides is 1. The SMILES string of the molecule is COc1ccc(C(=O)NCc2cnn(C)c2N)cc1. The molecule has 2 aromatic rings. The molecule has 6 nitrogen and oxygen atoms in total. The Hall–Kier alpha value is -2.50. The molecule has 0 atom stereocenters. The number of anilines is 1. The lowest BCUT2D eigenvalue weighted by Gasteiger charge is -2.05. The lowest BCUT2D eigenvalue weighted by atomic mass is 10.2. The van der Waals surface area contributed by atoms with Gasteiger partial charge in [0.2, 0.25) is 0 Å². The fourth-order valence-corrected chi connectivity index (χ4v) is 1.65. The quantitative estimate of drug-likeness (QED) is 0.857. The van der Waals surface area contributed by atoms with Gasteiger partial charge >= 0.3 is 0 Å². The second-order valence-corrected chi connectivity index (χ2v) is 4.09. The number of methoxy groups -OCH3 is 1. The van der Waals surface area contributed by atoms with E-state index in [1.807, 2.05) is 0 Å². The van der Waals surface area contributed by atoms with Crippen LogP contribution in [0.4, 0.5) is 5.82 Å². The molecule has 19 heavy (non-hydrogen) atoms. The molecule has 0 aliphatic rings. The molecule has 2 rings (SSSR count). The van der Waals surface area contributed by atoms with Gasteiger partial charge in [0.15, 0.2) is 0 Å². The number of nitrogens with zero attached hydrogens (tertiary/aromatic N) is 2. The van der Waals surface area contributed by atoms with Crippen LogP contribution in [0, 0.1) is 0 Å². The lowest BCUT2D eigenvalue weighted by Crippen LogP contribution is -2.23. The molecule has 0 saturated heterocycles. The van der Waals surface area contributed by atoms with E-state index in [2.05, 4.69) is 10.4 Å². The van der Waals surface area contributed by atoms with Crippen LogP contribution in [0.1, 0.15) is 15.9 Å². The third-order valence-electron chi connectivity index (χ3n) is 2.86. The fraction of sp³-hybridized carbons (Fsp3) is 0.231. The second kappa shape index (κ2) is 5.43. The van der Waals surface area contributed by atoms with Crippen molar-refractivity contribution in [3.63, 3.8) is 0 Å². The number of carbonyl (C=O) groups is 1. The number of benzene rings is 1. The molecule has 0 aliphatic carbocycles. The Morgan fingerprint density at radius 1 is 1.42 bits per heavy atom. The van der Waals surface area contributed by atoms with Crippen molar-refractivity contribution in [2.24, 2.45) is 7.05 Å². The molecule has 1 aromatic carbocycles. The van der Waals surface area contributed by atoms with Gasteiger partial charge in [-0.3, -0.25) is 9.48 Å². The van der Waals surface area contributed by atoms with E-state index in [-0.39, 0.29) is 5.91 Å². The number of rotatable bonds is 4. The van der Waals surface area contributed by atoms with E-state index in [1.54, 1.807) is 49.3 Å². The highest BCUT2D eigenvalue weighted by Crippen LogP contribution is 2.12. The number of ether oxygens (including phenoxy) is 1. The van der Waals surface area contributed by atoms with E-state index >= 15 is 0 Å². The van der Waals surface area contributed by atoms with Gasteiger partial charge in [0.1, 0.15) is 11.6 Å². The summed E-state index contributed by atoms with van der Waals surface area (Å²) in [5.41, 5.74) is 7.17. The Morgan fingerprint density at radius 3 is 2.63 bits per heavy atom. The summed E-state index contributed by atoms with van der Waals surface area (Å²) in [4.78, 5) is 11.9. The van der Waals surface area contributed by atoms with Gasteiger partial charge < -0.3 is 15.8 Å². The summed E-state index contributed by atoms with van der Waals surface area (Å²) < 4.78 is 6.60. The van der Waals surface area contributed by atoms with Gasteiger partial charge in [-0.25, -0.2) is 0 Å². The van der Waals surface area contributed by atoms with Crippen molar-refractivity contribution >= 4 is 11.7 Å². The van der Waals surface area contributed by atoms with Crippen molar-refractivity contribution in [3.05, 3.63) is 41.6 Å². The number of aromatic nitrogens is 2. The number of nitrogens with one attached hydrogen (secondary N) is 1. The molecule has 0 spiro atoms. The van der Waals surface area contributed by atoms with Crippen LogP contribution in [0.2, 0.25) is 0 Å². The van der Waals surface area contributed by atoms with E-state index in [0.29, 0.717) is 23.7 Å². The van der Waals surface area contributed by atoms with Crippen molar-refractivity contribution in [3.8, 4) is 5.75 Å². The molecule has 0 aliphatic heterocycles. The second-order valence-electron chi connectivity index (χ2n) is 4.09. The topological polar surface area (TPSA) is 82.2 Å². The average molecular weight is 260 g/mol. The van der Waals surface area contributed by atoms with E-state index in [0.717, 1.165) is 5.56 Å². The Kier molecular flexibility index (Phi) is 3.70. The van der Waals surface area contributed by atoms with Crippen molar-refractivity contribution in [2.75, 3.05) is 12.8 Å². The molecule has 0 fully saturated rings. The first-order valence-corrected chi connectivity index (χ1v) is 5.80. The first-order valence-electron chi connectivity index (χ1n) is 5.80. The largest absolute Gasteiger partial charge is 0.497 e. The summed E-state index contributed by atoms with van der Waals surface area (Å²) in [5, 5.41) is 6.81. The first kappa shape index (κ1) is 12.9. The van der Waals surface area contributed by atoms with Crippen molar-refractivity contribution < 1.29 is 9.53 Å². The summed E-state index contributed by atoms with van der Waals surface area (Å²) in [6, 6.07) is 6.90. The summed E-state index contributed by atoms with van der Waals surface area (Å²) in [6.07, 6.45) is 1.64. The number of hydrogen-bond donors (Lipinski definition) is 2. The molecular weight excluding hydrogens is 244 g/mol. The fourth-order valence-electron chi connectivity index (χ4n) is 1.65. The van der Waals surface area contributed by atoms with Crippen LogP contribution in [-0.4, -0.2) is 22.8 Å². The zero-order valence-corrected chi connectivity index (χ0v) is 10.9. The Bertz CT molecular complexity index is 575. The predicted octanol–water partition coefficient (Wildman–Crippen LogP) is 0.941. The van der Waals surface area contributed by atoms with E-state index in [4.69, 9.17) is 10.5 Å². The molecule has 1 aromatic heterocycles. The molecule has 0 saturated carbocycles. The Balaban J connectivity index is 1.99. The normalized spacial score (nSPS) is 10.2. The molecule has 6 heteroatoms. The highest BCUT2D eigenvalue weighted by atomic mass is 16.5. The van der Waals surface area contributed by atoms with Gasteiger partial charge in [0.05, 0.1) is 13.3 Å². The van der Waals surface area contributed by atoms with Gasteiger partial charge in [-0.2, -0.15) is 5.10 Å². The average Bonchev–Trinajstić information content (AvgIpc) is 2.76. The number of nitrogens with two attached hydrogens (primary N) is 1. The number of aryl methyl sites for hydroxylation is 1. The van der Waals surface area contributed by atoms with Crippen LogP contribution in [0.25, 0.3) is 0 Å². The van der Waals surface area contributed by atoms with Crippen molar-refractivity contribution in [1.82, 2.24) is 15.1 Å². The van der Waals surface area contributed by atoms with Crippen LogP contribution in [-0.2, 0) is 13.6 Å². The predicted molar refractivity (Wildman–Crippen MR) is 71.8 cm³/mol. The molecule has 0 radical (unpaired) electrons. The standard InChI is InChI=1S/C13H16N4O2/c1-17-12(14)10(8-16-17)7-15-13(18)9-3-5-11(19-2)6-4-9/h3-6,8H,7,14H2,1-2H3,(H,15,18).